The summed E-state index contributed by atoms with van der Waals surface area (Å²) in [5, 5.41) is 2.92. The maximum atomic E-state index is 13.5. The highest BCUT2D eigenvalue weighted by Crippen LogP contribution is 2.38. The lowest BCUT2D eigenvalue weighted by molar-refractivity contribution is -0.139. The van der Waals surface area contributed by atoms with Gasteiger partial charge in [-0.05, 0) is 41.8 Å². The molecule has 0 spiro atoms. The van der Waals surface area contributed by atoms with Crippen LogP contribution in [0.5, 0.6) is 0 Å². The number of fused-ring (bicyclic) bond motifs is 1. The number of hydrogen-bond donors (Lipinski definition) is 1. The zero-order valence-electron chi connectivity index (χ0n) is 17.5. The van der Waals surface area contributed by atoms with Gasteiger partial charge in [0.25, 0.3) is 0 Å². The average Bonchev–Trinajstić information content (AvgIpc) is 2.76. The predicted molar refractivity (Wildman–Crippen MR) is 113 cm³/mol. The summed E-state index contributed by atoms with van der Waals surface area (Å²) < 4.78 is 32.5. The molecule has 3 fully saturated rings. The van der Waals surface area contributed by atoms with Crippen LogP contribution in [-0.2, 0) is 9.53 Å². The number of nitrogens with one attached hydrogen (secondary N) is 1. The van der Waals surface area contributed by atoms with Crippen LogP contribution in [0.25, 0.3) is 0 Å². The maximum absolute atomic E-state index is 13.5. The first kappa shape index (κ1) is 20.9. The second-order valence-corrected chi connectivity index (χ2v) is 8.79. The van der Waals surface area contributed by atoms with Gasteiger partial charge in [0.05, 0.1) is 12.1 Å². The summed E-state index contributed by atoms with van der Waals surface area (Å²) in [7, 11) is 0. The molecule has 2 aromatic rings. The minimum atomic E-state index is -0.306. The molecule has 6 nitrogen and oxygen atoms in total. The van der Waals surface area contributed by atoms with Crippen LogP contribution in [0.2, 0.25) is 0 Å². The summed E-state index contributed by atoms with van der Waals surface area (Å²) in [4.78, 5) is 28.3. The molecule has 2 atom stereocenters. The number of ether oxygens (including phenoxy) is 1. The first-order chi connectivity index (χ1) is 15.5. The van der Waals surface area contributed by atoms with Crippen LogP contribution in [0.1, 0.15) is 23.5 Å². The van der Waals surface area contributed by atoms with E-state index < -0.39 is 0 Å². The van der Waals surface area contributed by atoms with Gasteiger partial charge in [0.15, 0.2) is 0 Å². The molecule has 3 aliphatic heterocycles. The molecule has 0 bridgehead atoms. The summed E-state index contributed by atoms with van der Waals surface area (Å²) in [6, 6.07) is 12.5. The molecule has 0 saturated carbocycles. The third-order valence-electron chi connectivity index (χ3n) is 6.70. The van der Waals surface area contributed by atoms with Crippen molar-refractivity contribution in [1.82, 2.24) is 15.1 Å². The molecule has 0 aliphatic carbocycles. The van der Waals surface area contributed by atoms with Gasteiger partial charge in [-0.1, -0.05) is 24.3 Å². The zero-order valence-corrected chi connectivity index (χ0v) is 17.5. The Hall–Kier alpha value is -3.00. The molecular weight excluding hydrogens is 416 g/mol. The molecule has 2 aromatic carbocycles. The Morgan fingerprint density at radius 2 is 1.53 bits per heavy atom. The van der Waals surface area contributed by atoms with E-state index in [1.54, 1.807) is 34.1 Å². The molecule has 3 aliphatic rings. The number of halogens is 2. The monoisotopic (exact) mass is 441 g/mol. The van der Waals surface area contributed by atoms with E-state index in [-0.39, 0.29) is 54.2 Å². The normalized spacial score (nSPS) is 23.5. The summed E-state index contributed by atoms with van der Waals surface area (Å²) in [5.41, 5.74) is 1.89. The van der Waals surface area contributed by atoms with Gasteiger partial charge in [-0.15, -0.1) is 0 Å². The molecule has 3 saturated heterocycles. The van der Waals surface area contributed by atoms with E-state index in [0.717, 1.165) is 11.1 Å². The van der Waals surface area contributed by atoms with E-state index >= 15 is 0 Å². The largest absolute Gasteiger partial charge is 0.366 e. The van der Waals surface area contributed by atoms with Crippen molar-refractivity contribution < 1.29 is 23.1 Å². The summed E-state index contributed by atoms with van der Waals surface area (Å²) >= 11 is 0. The maximum Gasteiger partial charge on any atom is 0.320 e. The molecule has 1 N–H and O–H groups in total. The van der Waals surface area contributed by atoms with E-state index in [9.17, 15) is 18.4 Å². The fraction of sp³-hybridized carbons (Fsp3) is 0.417. The molecule has 0 aromatic heterocycles. The summed E-state index contributed by atoms with van der Waals surface area (Å²) in [6.45, 7) is 2.24. The van der Waals surface area contributed by atoms with Gasteiger partial charge in [0, 0.05) is 38.0 Å². The van der Waals surface area contributed by atoms with Crippen LogP contribution in [0.4, 0.5) is 13.6 Å². The second-order valence-electron chi connectivity index (χ2n) is 8.79. The number of benzene rings is 2. The standard InChI is InChI=1S/C24H25F2N3O3/c25-18-5-1-15(2-6-18)23(16-3-7-19(26)8-4-16)17-11-29(12-17)24(31)28-10-9-21-20(13-28)27-22(30)14-32-21/h1-8,17,20-21,23H,9-14H2,(H,27,30)/t20-,21?/m1/s1. The van der Waals surface area contributed by atoms with E-state index in [4.69, 9.17) is 4.74 Å². The number of urea groups is 1. The number of carbonyl (C=O) groups is 2. The van der Waals surface area contributed by atoms with Crippen LogP contribution in [0, 0.1) is 17.6 Å². The van der Waals surface area contributed by atoms with Crippen molar-refractivity contribution in [3.63, 3.8) is 0 Å². The Morgan fingerprint density at radius 3 is 2.12 bits per heavy atom. The lowest BCUT2D eigenvalue weighted by Crippen LogP contribution is -2.64. The lowest BCUT2D eigenvalue weighted by atomic mass is 9.77. The van der Waals surface area contributed by atoms with Crippen molar-refractivity contribution in [3.05, 3.63) is 71.3 Å². The molecule has 3 heterocycles. The number of piperidine rings is 1. The predicted octanol–water partition coefficient (Wildman–Crippen LogP) is 2.74. The van der Waals surface area contributed by atoms with Crippen molar-refractivity contribution in [2.45, 2.75) is 24.5 Å². The first-order valence-corrected chi connectivity index (χ1v) is 10.9. The smallest absolute Gasteiger partial charge is 0.320 e. The Labute approximate surface area is 185 Å². The molecule has 32 heavy (non-hydrogen) atoms. The van der Waals surface area contributed by atoms with Gasteiger partial charge < -0.3 is 19.9 Å². The van der Waals surface area contributed by atoms with E-state index in [0.29, 0.717) is 32.6 Å². The third kappa shape index (κ3) is 4.07. The first-order valence-electron chi connectivity index (χ1n) is 10.9. The fourth-order valence-electron chi connectivity index (χ4n) is 5.03. The highest BCUT2D eigenvalue weighted by molar-refractivity contribution is 5.79. The Morgan fingerprint density at radius 1 is 0.938 bits per heavy atom. The third-order valence-corrected chi connectivity index (χ3v) is 6.70. The van der Waals surface area contributed by atoms with E-state index in [1.165, 1.54) is 24.3 Å². The van der Waals surface area contributed by atoms with Crippen molar-refractivity contribution in [2.75, 3.05) is 32.8 Å². The van der Waals surface area contributed by atoms with Crippen molar-refractivity contribution in [3.8, 4) is 0 Å². The molecule has 168 valence electrons. The Bertz CT molecular complexity index is 947. The number of likely N-dealkylation sites (tertiary alicyclic amines) is 2. The highest BCUT2D eigenvalue weighted by atomic mass is 19.1. The van der Waals surface area contributed by atoms with Crippen LogP contribution >= 0.6 is 0 Å². The van der Waals surface area contributed by atoms with Crippen LogP contribution < -0.4 is 5.32 Å². The number of hydrogen-bond acceptors (Lipinski definition) is 3. The Balaban J connectivity index is 1.27. The molecule has 5 rings (SSSR count). The van der Waals surface area contributed by atoms with Crippen molar-refractivity contribution in [1.29, 1.82) is 0 Å². The number of amides is 3. The van der Waals surface area contributed by atoms with Crippen molar-refractivity contribution >= 4 is 11.9 Å². The van der Waals surface area contributed by atoms with Crippen LogP contribution in [0.15, 0.2) is 48.5 Å². The van der Waals surface area contributed by atoms with Gasteiger partial charge in [-0.25, -0.2) is 13.6 Å². The lowest BCUT2D eigenvalue weighted by Gasteiger charge is -2.48. The number of nitrogens with zero attached hydrogens (tertiary/aromatic N) is 2. The SMILES string of the molecule is O=C1COC2CCN(C(=O)N3CC(C(c4ccc(F)cc4)c4ccc(F)cc4)C3)C[C@H]2N1. The minimum absolute atomic E-state index is 0.0396. The van der Waals surface area contributed by atoms with Gasteiger partial charge in [-0.3, -0.25) is 4.79 Å². The zero-order chi connectivity index (χ0) is 22.2. The van der Waals surface area contributed by atoms with Crippen molar-refractivity contribution in [2.24, 2.45) is 5.92 Å². The number of carbonyl (C=O) groups excluding carboxylic acids is 2. The molecule has 1 unspecified atom stereocenters. The van der Waals surface area contributed by atoms with Crippen LogP contribution in [0.3, 0.4) is 0 Å². The average molecular weight is 441 g/mol. The van der Waals surface area contributed by atoms with Gasteiger partial charge in [0.2, 0.25) is 5.91 Å². The van der Waals surface area contributed by atoms with E-state index in [2.05, 4.69) is 5.32 Å². The number of morpholine rings is 1. The number of rotatable bonds is 3. The van der Waals surface area contributed by atoms with E-state index in [1.807, 2.05) is 0 Å². The minimum Gasteiger partial charge on any atom is -0.366 e. The van der Waals surface area contributed by atoms with Gasteiger partial charge in [-0.2, -0.15) is 0 Å². The highest BCUT2D eigenvalue weighted by Gasteiger charge is 2.42. The summed E-state index contributed by atoms with van der Waals surface area (Å²) in [5.74, 6) is -0.674. The molecular formula is C24H25F2N3O3. The van der Waals surface area contributed by atoms with Gasteiger partial charge >= 0.3 is 6.03 Å². The second kappa shape index (κ2) is 8.50. The summed E-state index contributed by atoms with van der Waals surface area (Å²) in [6.07, 6.45) is 0.657. The Kier molecular flexibility index (Phi) is 5.55. The fourth-order valence-corrected chi connectivity index (χ4v) is 5.03. The van der Waals surface area contributed by atoms with Crippen LogP contribution in [-0.4, -0.2) is 66.7 Å². The molecule has 8 heteroatoms. The molecule has 3 amide bonds. The topological polar surface area (TPSA) is 61.9 Å². The quantitative estimate of drug-likeness (QED) is 0.797. The van der Waals surface area contributed by atoms with Gasteiger partial charge in [0.1, 0.15) is 18.2 Å². The molecule has 0 radical (unpaired) electrons.